The van der Waals surface area contributed by atoms with Gasteiger partial charge in [0.2, 0.25) is 0 Å². The Morgan fingerprint density at radius 2 is 2.20 bits per heavy atom. The van der Waals surface area contributed by atoms with Crippen LogP contribution < -0.4 is 5.32 Å². The van der Waals surface area contributed by atoms with Gasteiger partial charge >= 0.3 is 6.03 Å². The van der Waals surface area contributed by atoms with Crippen LogP contribution in [0.5, 0.6) is 0 Å². The summed E-state index contributed by atoms with van der Waals surface area (Å²) in [6, 6.07) is 9.28. The van der Waals surface area contributed by atoms with Crippen LogP contribution in [0, 0.1) is 0 Å². The number of thioether (sulfide) groups is 1. The largest absolute Gasteiger partial charge is 0.336 e. The van der Waals surface area contributed by atoms with E-state index < -0.39 is 0 Å². The molecule has 3 aliphatic rings. The van der Waals surface area contributed by atoms with Crippen LogP contribution in [-0.4, -0.2) is 60.3 Å². The molecule has 2 amide bonds. The summed E-state index contributed by atoms with van der Waals surface area (Å²) in [4.78, 5) is 17.6. The van der Waals surface area contributed by atoms with Gasteiger partial charge in [-0.05, 0) is 11.6 Å². The fourth-order valence-electron chi connectivity index (χ4n) is 3.53. The highest BCUT2D eigenvalue weighted by Gasteiger charge is 2.36. The van der Waals surface area contributed by atoms with Gasteiger partial charge in [0, 0.05) is 49.3 Å². The van der Waals surface area contributed by atoms with Crippen molar-refractivity contribution in [1.29, 1.82) is 0 Å². The SMILES string of the molecule is O=C1NCC2CN(CC3CSc4ccccc43)CCN12. The molecule has 3 aliphatic heterocycles. The molecule has 2 unspecified atom stereocenters. The molecule has 0 aromatic heterocycles. The first-order valence-electron chi connectivity index (χ1n) is 7.30. The van der Waals surface area contributed by atoms with Gasteiger partial charge in [0.05, 0.1) is 6.04 Å². The van der Waals surface area contributed by atoms with Crippen molar-refractivity contribution in [3.8, 4) is 0 Å². The molecule has 106 valence electrons. The molecule has 2 saturated heterocycles. The molecule has 1 N–H and O–H groups in total. The predicted octanol–water partition coefficient (Wildman–Crippen LogP) is 1.59. The number of fused-ring (bicyclic) bond motifs is 2. The standard InChI is InChI=1S/C15H19N3OS/c19-15-16-7-12-9-17(5-6-18(12)15)8-11-10-20-14-4-2-1-3-13(11)14/h1-4,11-12H,5-10H2,(H,16,19). The van der Waals surface area contributed by atoms with Crippen molar-refractivity contribution < 1.29 is 4.79 Å². The number of hydrogen-bond donors (Lipinski definition) is 1. The Bertz CT molecular complexity index is 536. The normalized spacial score (nSPS) is 29.2. The highest BCUT2D eigenvalue weighted by molar-refractivity contribution is 7.99. The summed E-state index contributed by atoms with van der Waals surface area (Å²) in [5, 5.41) is 2.95. The summed E-state index contributed by atoms with van der Waals surface area (Å²) < 4.78 is 0. The number of carbonyl (C=O) groups excluding carboxylic acids is 1. The fourth-order valence-corrected chi connectivity index (χ4v) is 4.77. The summed E-state index contributed by atoms with van der Waals surface area (Å²) >= 11 is 1.98. The van der Waals surface area contributed by atoms with Crippen LogP contribution in [0.3, 0.4) is 0 Å². The van der Waals surface area contributed by atoms with Gasteiger partial charge in [-0.3, -0.25) is 4.90 Å². The Hall–Kier alpha value is -1.20. The second kappa shape index (κ2) is 4.97. The van der Waals surface area contributed by atoms with Crippen molar-refractivity contribution in [2.24, 2.45) is 0 Å². The van der Waals surface area contributed by atoms with Crippen LogP contribution in [0.15, 0.2) is 29.2 Å². The van der Waals surface area contributed by atoms with Crippen molar-refractivity contribution >= 4 is 17.8 Å². The quantitative estimate of drug-likeness (QED) is 0.898. The maximum Gasteiger partial charge on any atom is 0.317 e. The van der Waals surface area contributed by atoms with E-state index in [0.717, 1.165) is 32.7 Å². The third kappa shape index (κ3) is 2.09. The topological polar surface area (TPSA) is 35.6 Å². The zero-order valence-corrected chi connectivity index (χ0v) is 12.2. The van der Waals surface area contributed by atoms with Gasteiger partial charge in [0.1, 0.15) is 0 Å². The Morgan fingerprint density at radius 3 is 3.15 bits per heavy atom. The zero-order chi connectivity index (χ0) is 13.5. The molecule has 20 heavy (non-hydrogen) atoms. The number of urea groups is 1. The van der Waals surface area contributed by atoms with E-state index in [1.807, 2.05) is 16.7 Å². The molecule has 1 aromatic carbocycles. The molecule has 0 aliphatic carbocycles. The summed E-state index contributed by atoms with van der Waals surface area (Å²) in [5.74, 6) is 1.84. The summed E-state index contributed by atoms with van der Waals surface area (Å²) in [6.45, 7) is 4.83. The number of amides is 2. The van der Waals surface area contributed by atoms with Crippen molar-refractivity contribution in [3.63, 3.8) is 0 Å². The van der Waals surface area contributed by atoms with E-state index in [9.17, 15) is 4.79 Å². The smallest absolute Gasteiger partial charge is 0.317 e. The van der Waals surface area contributed by atoms with Crippen LogP contribution in [0.4, 0.5) is 4.79 Å². The molecule has 0 saturated carbocycles. The summed E-state index contributed by atoms with van der Waals surface area (Å²) in [5.41, 5.74) is 1.51. The Morgan fingerprint density at radius 1 is 1.30 bits per heavy atom. The third-order valence-electron chi connectivity index (χ3n) is 4.59. The lowest BCUT2D eigenvalue weighted by Crippen LogP contribution is -2.52. The van der Waals surface area contributed by atoms with E-state index in [0.29, 0.717) is 12.0 Å². The lowest BCUT2D eigenvalue weighted by Gasteiger charge is -2.37. The van der Waals surface area contributed by atoms with Crippen LogP contribution in [0.2, 0.25) is 0 Å². The van der Waals surface area contributed by atoms with E-state index >= 15 is 0 Å². The van der Waals surface area contributed by atoms with Crippen LogP contribution in [0.1, 0.15) is 11.5 Å². The number of nitrogens with one attached hydrogen (secondary N) is 1. The molecule has 0 spiro atoms. The molecule has 3 heterocycles. The van der Waals surface area contributed by atoms with Crippen molar-refractivity contribution in [2.75, 3.05) is 38.5 Å². The molecule has 1 aromatic rings. The average molecular weight is 289 g/mol. The number of piperazine rings is 1. The minimum Gasteiger partial charge on any atom is -0.336 e. The lowest BCUT2D eigenvalue weighted by atomic mass is 10.00. The molecule has 4 rings (SSSR count). The summed E-state index contributed by atoms with van der Waals surface area (Å²) in [6.07, 6.45) is 0. The highest BCUT2D eigenvalue weighted by atomic mass is 32.2. The van der Waals surface area contributed by atoms with Crippen LogP contribution >= 0.6 is 11.8 Å². The van der Waals surface area contributed by atoms with Crippen molar-refractivity contribution in [2.45, 2.75) is 16.9 Å². The maximum atomic E-state index is 11.6. The maximum absolute atomic E-state index is 11.6. The molecular weight excluding hydrogens is 270 g/mol. The van der Waals surface area contributed by atoms with Gasteiger partial charge in [-0.15, -0.1) is 11.8 Å². The Balaban J connectivity index is 1.43. The van der Waals surface area contributed by atoms with E-state index in [-0.39, 0.29) is 6.03 Å². The Kier molecular flexibility index (Phi) is 3.11. The zero-order valence-electron chi connectivity index (χ0n) is 11.4. The number of carbonyl (C=O) groups is 1. The molecule has 2 fully saturated rings. The number of benzene rings is 1. The van der Waals surface area contributed by atoms with E-state index in [4.69, 9.17) is 0 Å². The second-order valence-corrected chi connectivity index (χ2v) is 6.90. The van der Waals surface area contributed by atoms with Crippen molar-refractivity contribution in [3.05, 3.63) is 29.8 Å². The van der Waals surface area contributed by atoms with Gasteiger partial charge in [-0.2, -0.15) is 0 Å². The van der Waals surface area contributed by atoms with E-state index in [1.54, 1.807) is 0 Å². The van der Waals surface area contributed by atoms with Gasteiger partial charge in [-0.1, -0.05) is 18.2 Å². The van der Waals surface area contributed by atoms with Crippen LogP contribution in [-0.2, 0) is 0 Å². The minimum absolute atomic E-state index is 0.122. The first-order valence-corrected chi connectivity index (χ1v) is 8.28. The predicted molar refractivity (Wildman–Crippen MR) is 80.2 cm³/mol. The van der Waals surface area contributed by atoms with Gasteiger partial charge in [0.25, 0.3) is 0 Å². The van der Waals surface area contributed by atoms with Crippen LogP contribution in [0.25, 0.3) is 0 Å². The summed E-state index contributed by atoms with van der Waals surface area (Å²) in [7, 11) is 0. The van der Waals surface area contributed by atoms with Gasteiger partial charge < -0.3 is 10.2 Å². The molecule has 0 bridgehead atoms. The first-order chi connectivity index (χ1) is 9.81. The minimum atomic E-state index is 0.122. The molecule has 4 nitrogen and oxygen atoms in total. The fraction of sp³-hybridized carbons (Fsp3) is 0.533. The average Bonchev–Trinajstić information content (AvgIpc) is 3.04. The number of nitrogens with zero attached hydrogens (tertiary/aromatic N) is 2. The molecule has 5 heteroatoms. The van der Waals surface area contributed by atoms with E-state index in [1.165, 1.54) is 16.2 Å². The van der Waals surface area contributed by atoms with Crippen molar-refractivity contribution in [1.82, 2.24) is 15.1 Å². The number of hydrogen-bond acceptors (Lipinski definition) is 3. The molecule has 2 atom stereocenters. The van der Waals surface area contributed by atoms with Gasteiger partial charge in [-0.25, -0.2) is 4.79 Å². The monoisotopic (exact) mass is 289 g/mol. The molecule has 0 radical (unpaired) electrons. The molecular formula is C15H19N3OS. The number of rotatable bonds is 2. The highest BCUT2D eigenvalue weighted by Crippen LogP contribution is 2.39. The van der Waals surface area contributed by atoms with E-state index in [2.05, 4.69) is 34.5 Å². The second-order valence-electron chi connectivity index (χ2n) is 5.84. The lowest BCUT2D eigenvalue weighted by molar-refractivity contribution is 0.118. The Labute approximate surface area is 123 Å². The first kappa shape index (κ1) is 12.5. The third-order valence-corrected chi connectivity index (χ3v) is 5.85. The van der Waals surface area contributed by atoms with Gasteiger partial charge in [0.15, 0.2) is 0 Å².